The van der Waals surface area contributed by atoms with Gasteiger partial charge in [-0.05, 0) is 43.0 Å². The fourth-order valence-electron chi connectivity index (χ4n) is 2.40. The molecule has 1 nitrogen and oxygen atoms in total. The molecule has 0 spiro atoms. The number of halogens is 1. The highest BCUT2D eigenvalue weighted by molar-refractivity contribution is 9.10. The lowest BCUT2D eigenvalue weighted by molar-refractivity contribution is 0.877. The Hall–Kier alpha value is -0.760. The zero-order valence-corrected chi connectivity index (χ0v) is 11.7. The molecule has 0 saturated carbocycles. The van der Waals surface area contributed by atoms with Crippen molar-refractivity contribution in [3.05, 3.63) is 33.4 Å². The number of fused-ring (bicyclic) bond motifs is 1. The van der Waals surface area contributed by atoms with Gasteiger partial charge in [0.1, 0.15) is 0 Å². The third-order valence-corrected chi connectivity index (χ3v) is 3.58. The summed E-state index contributed by atoms with van der Waals surface area (Å²) in [6.45, 7) is 6.63. The van der Waals surface area contributed by atoms with Crippen molar-refractivity contribution in [2.45, 2.75) is 40.0 Å². The first-order valence-corrected chi connectivity index (χ1v) is 6.76. The minimum Gasteiger partial charge on any atom is -0.358 e. The van der Waals surface area contributed by atoms with E-state index < -0.39 is 0 Å². The third kappa shape index (κ3) is 1.91. The minimum atomic E-state index is 1.10. The Morgan fingerprint density at radius 3 is 2.62 bits per heavy atom. The molecule has 0 unspecified atom stereocenters. The van der Waals surface area contributed by atoms with Crippen LogP contribution < -0.4 is 0 Å². The second-order valence-electron chi connectivity index (χ2n) is 4.33. The van der Waals surface area contributed by atoms with Crippen LogP contribution in [0.25, 0.3) is 10.9 Å². The average molecular weight is 280 g/mol. The molecule has 0 radical (unpaired) electrons. The number of aryl methyl sites for hydroxylation is 3. The fourth-order valence-corrected chi connectivity index (χ4v) is 2.98. The van der Waals surface area contributed by atoms with Gasteiger partial charge in [0, 0.05) is 21.1 Å². The molecule has 0 aliphatic heterocycles. The number of hydrogen-bond acceptors (Lipinski definition) is 0. The van der Waals surface area contributed by atoms with E-state index in [0.717, 1.165) is 12.8 Å². The molecule has 1 heterocycles. The standard InChI is InChI=1S/C14H18BrN/c1-4-6-13-11(5-2)12-8-10(15)7-9(3)14(12)16-13/h7-8,16H,4-6H2,1-3H3. The first-order valence-electron chi connectivity index (χ1n) is 5.97. The Kier molecular flexibility index (Phi) is 3.38. The van der Waals surface area contributed by atoms with Crippen LogP contribution in [0.2, 0.25) is 0 Å². The summed E-state index contributed by atoms with van der Waals surface area (Å²) in [5, 5.41) is 1.39. The monoisotopic (exact) mass is 279 g/mol. The van der Waals surface area contributed by atoms with Crippen LogP contribution in [0.4, 0.5) is 0 Å². The zero-order chi connectivity index (χ0) is 11.7. The van der Waals surface area contributed by atoms with Gasteiger partial charge in [0.25, 0.3) is 0 Å². The van der Waals surface area contributed by atoms with Gasteiger partial charge in [0.15, 0.2) is 0 Å². The van der Waals surface area contributed by atoms with Crippen LogP contribution >= 0.6 is 15.9 Å². The Bertz CT molecular complexity index is 511. The van der Waals surface area contributed by atoms with Crippen molar-refractivity contribution < 1.29 is 0 Å². The smallest absolute Gasteiger partial charge is 0.0489 e. The lowest BCUT2D eigenvalue weighted by Gasteiger charge is -2.00. The van der Waals surface area contributed by atoms with Crippen molar-refractivity contribution in [2.75, 3.05) is 0 Å². The van der Waals surface area contributed by atoms with E-state index in [9.17, 15) is 0 Å². The average Bonchev–Trinajstić information content (AvgIpc) is 2.56. The van der Waals surface area contributed by atoms with Gasteiger partial charge in [-0.1, -0.05) is 36.2 Å². The summed E-state index contributed by atoms with van der Waals surface area (Å²) < 4.78 is 1.18. The Morgan fingerprint density at radius 1 is 1.25 bits per heavy atom. The van der Waals surface area contributed by atoms with Crippen LogP contribution in [0, 0.1) is 6.92 Å². The Balaban J connectivity index is 2.71. The number of benzene rings is 1. The van der Waals surface area contributed by atoms with Crippen molar-refractivity contribution >= 4 is 26.8 Å². The van der Waals surface area contributed by atoms with Gasteiger partial charge < -0.3 is 4.98 Å². The van der Waals surface area contributed by atoms with E-state index in [2.05, 4.69) is 53.8 Å². The highest BCUT2D eigenvalue weighted by Crippen LogP contribution is 2.29. The first-order chi connectivity index (χ1) is 7.67. The lowest BCUT2D eigenvalue weighted by atomic mass is 10.0. The molecule has 0 amide bonds. The molecule has 0 bridgehead atoms. The predicted molar refractivity (Wildman–Crippen MR) is 74.1 cm³/mol. The van der Waals surface area contributed by atoms with E-state index in [1.54, 1.807) is 0 Å². The molecular weight excluding hydrogens is 262 g/mol. The number of aromatic amines is 1. The van der Waals surface area contributed by atoms with Gasteiger partial charge in [-0.2, -0.15) is 0 Å². The number of aromatic nitrogens is 1. The molecule has 2 heteroatoms. The highest BCUT2D eigenvalue weighted by atomic mass is 79.9. The molecule has 0 atom stereocenters. The molecule has 2 rings (SSSR count). The largest absolute Gasteiger partial charge is 0.358 e. The molecule has 0 aliphatic carbocycles. The molecular formula is C14H18BrN. The van der Waals surface area contributed by atoms with Gasteiger partial charge in [-0.25, -0.2) is 0 Å². The molecule has 2 aromatic rings. The lowest BCUT2D eigenvalue weighted by Crippen LogP contribution is -1.88. The van der Waals surface area contributed by atoms with Gasteiger partial charge in [0.2, 0.25) is 0 Å². The summed E-state index contributed by atoms with van der Waals surface area (Å²) in [4.78, 5) is 3.59. The van der Waals surface area contributed by atoms with Crippen LogP contribution in [0.5, 0.6) is 0 Å². The molecule has 86 valence electrons. The predicted octanol–water partition coefficient (Wildman–Crippen LogP) is 4.75. The van der Waals surface area contributed by atoms with Crippen molar-refractivity contribution in [2.24, 2.45) is 0 Å². The van der Waals surface area contributed by atoms with Gasteiger partial charge in [-0.15, -0.1) is 0 Å². The topological polar surface area (TPSA) is 15.8 Å². The number of rotatable bonds is 3. The molecule has 0 fully saturated rings. The summed E-state index contributed by atoms with van der Waals surface area (Å²) in [5.41, 5.74) is 5.53. The van der Waals surface area contributed by atoms with Crippen LogP contribution in [0.15, 0.2) is 16.6 Å². The van der Waals surface area contributed by atoms with Crippen molar-refractivity contribution in [1.29, 1.82) is 0 Å². The molecule has 1 aromatic carbocycles. The molecule has 1 aromatic heterocycles. The van der Waals surface area contributed by atoms with E-state index >= 15 is 0 Å². The summed E-state index contributed by atoms with van der Waals surface area (Å²) in [5.74, 6) is 0. The highest BCUT2D eigenvalue weighted by Gasteiger charge is 2.11. The summed E-state index contributed by atoms with van der Waals surface area (Å²) in [6.07, 6.45) is 3.44. The Morgan fingerprint density at radius 2 is 2.00 bits per heavy atom. The van der Waals surface area contributed by atoms with Crippen molar-refractivity contribution in [3.63, 3.8) is 0 Å². The van der Waals surface area contributed by atoms with E-state index in [-0.39, 0.29) is 0 Å². The van der Waals surface area contributed by atoms with Crippen LogP contribution in [0.3, 0.4) is 0 Å². The second kappa shape index (κ2) is 4.62. The molecule has 0 aliphatic rings. The SMILES string of the molecule is CCCc1[nH]c2c(C)cc(Br)cc2c1CC. The minimum absolute atomic E-state index is 1.10. The maximum absolute atomic E-state index is 3.59. The summed E-state index contributed by atoms with van der Waals surface area (Å²) in [6, 6.07) is 4.41. The van der Waals surface area contributed by atoms with E-state index in [0.29, 0.717) is 0 Å². The molecule has 16 heavy (non-hydrogen) atoms. The third-order valence-electron chi connectivity index (χ3n) is 3.12. The number of hydrogen-bond donors (Lipinski definition) is 1. The van der Waals surface area contributed by atoms with Crippen molar-refractivity contribution in [1.82, 2.24) is 4.98 Å². The number of nitrogens with one attached hydrogen (secondary N) is 1. The van der Waals surface area contributed by atoms with E-state index in [1.165, 1.54) is 38.6 Å². The Labute approximate surface area is 105 Å². The maximum atomic E-state index is 3.59. The fraction of sp³-hybridized carbons (Fsp3) is 0.429. The first kappa shape index (κ1) is 11.7. The van der Waals surface area contributed by atoms with Crippen molar-refractivity contribution in [3.8, 4) is 0 Å². The summed E-state index contributed by atoms with van der Waals surface area (Å²) in [7, 11) is 0. The van der Waals surface area contributed by atoms with Crippen LogP contribution in [-0.4, -0.2) is 4.98 Å². The van der Waals surface area contributed by atoms with Gasteiger partial charge in [-0.3, -0.25) is 0 Å². The quantitative estimate of drug-likeness (QED) is 0.834. The molecule has 0 saturated heterocycles. The summed E-state index contributed by atoms with van der Waals surface area (Å²) >= 11 is 3.58. The van der Waals surface area contributed by atoms with E-state index in [4.69, 9.17) is 0 Å². The van der Waals surface area contributed by atoms with Crippen LogP contribution in [0.1, 0.15) is 37.1 Å². The van der Waals surface area contributed by atoms with E-state index in [1.807, 2.05) is 0 Å². The normalized spacial score (nSPS) is 11.2. The number of H-pyrrole nitrogens is 1. The maximum Gasteiger partial charge on any atom is 0.0489 e. The zero-order valence-electron chi connectivity index (χ0n) is 10.2. The second-order valence-corrected chi connectivity index (χ2v) is 5.25. The van der Waals surface area contributed by atoms with Gasteiger partial charge in [0.05, 0.1) is 0 Å². The van der Waals surface area contributed by atoms with Gasteiger partial charge >= 0.3 is 0 Å². The molecule has 1 N–H and O–H groups in total. The van der Waals surface area contributed by atoms with Crippen LogP contribution in [-0.2, 0) is 12.8 Å².